The van der Waals surface area contributed by atoms with E-state index in [2.05, 4.69) is 4.98 Å². The number of halogens is 1. The smallest absolute Gasteiger partial charge is 0.222 e. The molecule has 1 aromatic carbocycles. The van der Waals surface area contributed by atoms with E-state index >= 15 is 0 Å². The number of nitrogens with two attached hydrogens (primary N) is 1. The first-order valence-corrected chi connectivity index (χ1v) is 5.37. The van der Waals surface area contributed by atoms with Gasteiger partial charge in [0.1, 0.15) is 0 Å². The number of pyridine rings is 1. The van der Waals surface area contributed by atoms with Crippen LogP contribution in [0.4, 0.5) is 4.39 Å². The Morgan fingerprint density at radius 3 is 2.76 bits per heavy atom. The van der Waals surface area contributed by atoms with Crippen LogP contribution >= 0.6 is 0 Å². The second-order valence-electron chi connectivity index (χ2n) is 3.54. The molecule has 0 aliphatic carbocycles. The highest BCUT2D eigenvalue weighted by Crippen LogP contribution is 2.25. The lowest BCUT2D eigenvalue weighted by molar-refractivity contribution is 0.422. The van der Waals surface area contributed by atoms with Gasteiger partial charge in [-0.25, -0.2) is 9.37 Å². The van der Waals surface area contributed by atoms with Gasteiger partial charge in [0.05, 0.1) is 0 Å². The van der Waals surface area contributed by atoms with E-state index in [1.54, 1.807) is 30.5 Å². The van der Waals surface area contributed by atoms with Gasteiger partial charge in [-0.15, -0.1) is 0 Å². The fourth-order valence-electron chi connectivity index (χ4n) is 1.49. The molecule has 0 saturated carbocycles. The van der Waals surface area contributed by atoms with Crippen molar-refractivity contribution in [1.82, 2.24) is 4.98 Å². The molecule has 0 radical (unpaired) electrons. The standard InChI is InChI=1S/C13H13FN2O/c14-11-5-1-2-6-12(11)17-13-10(7-8-15)4-3-9-16-13/h1-6,9H,7-8,15H2. The molecule has 0 atom stereocenters. The molecule has 0 spiro atoms. The molecule has 0 saturated heterocycles. The third-order valence-electron chi connectivity index (χ3n) is 2.31. The quantitative estimate of drug-likeness (QED) is 0.881. The maximum absolute atomic E-state index is 13.4. The maximum atomic E-state index is 13.4. The minimum Gasteiger partial charge on any atom is -0.436 e. The first-order valence-electron chi connectivity index (χ1n) is 5.37. The van der Waals surface area contributed by atoms with Crippen molar-refractivity contribution in [2.75, 3.05) is 6.54 Å². The van der Waals surface area contributed by atoms with Crippen LogP contribution in [0.3, 0.4) is 0 Å². The number of hydrogen-bond donors (Lipinski definition) is 1. The lowest BCUT2D eigenvalue weighted by atomic mass is 10.2. The van der Waals surface area contributed by atoms with Gasteiger partial charge in [0.25, 0.3) is 0 Å². The summed E-state index contributed by atoms with van der Waals surface area (Å²) in [6, 6.07) is 9.91. The van der Waals surface area contributed by atoms with Crippen LogP contribution in [0.1, 0.15) is 5.56 Å². The van der Waals surface area contributed by atoms with Gasteiger partial charge in [0.15, 0.2) is 11.6 Å². The summed E-state index contributed by atoms with van der Waals surface area (Å²) in [5.41, 5.74) is 6.37. The molecule has 1 heterocycles. The number of benzene rings is 1. The van der Waals surface area contributed by atoms with Crippen molar-refractivity contribution < 1.29 is 9.13 Å². The van der Waals surface area contributed by atoms with Crippen LogP contribution in [0.15, 0.2) is 42.6 Å². The van der Waals surface area contributed by atoms with Crippen LogP contribution in [0.2, 0.25) is 0 Å². The average Bonchev–Trinajstić information content (AvgIpc) is 2.35. The number of rotatable bonds is 4. The number of para-hydroxylation sites is 1. The lowest BCUT2D eigenvalue weighted by Gasteiger charge is -2.09. The highest BCUT2D eigenvalue weighted by atomic mass is 19.1. The lowest BCUT2D eigenvalue weighted by Crippen LogP contribution is -2.05. The monoisotopic (exact) mass is 232 g/mol. The normalized spacial score (nSPS) is 10.2. The van der Waals surface area contributed by atoms with E-state index in [0.29, 0.717) is 18.8 Å². The van der Waals surface area contributed by atoms with Crippen LogP contribution in [0, 0.1) is 5.82 Å². The molecule has 3 nitrogen and oxygen atoms in total. The van der Waals surface area contributed by atoms with E-state index in [0.717, 1.165) is 5.56 Å². The zero-order valence-electron chi connectivity index (χ0n) is 9.27. The Kier molecular flexibility index (Phi) is 3.67. The molecule has 0 aliphatic rings. The fraction of sp³-hybridized carbons (Fsp3) is 0.154. The second-order valence-corrected chi connectivity index (χ2v) is 3.54. The predicted molar refractivity (Wildman–Crippen MR) is 63.5 cm³/mol. The van der Waals surface area contributed by atoms with Gasteiger partial charge in [-0.2, -0.15) is 0 Å². The fourth-order valence-corrected chi connectivity index (χ4v) is 1.49. The van der Waals surface area contributed by atoms with Gasteiger partial charge in [-0.3, -0.25) is 0 Å². The Labute approximate surface area is 99.1 Å². The Morgan fingerprint density at radius 2 is 2.00 bits per heavy atom. The summed E-state index contributed by atoms with van der Waals surface area (Å²) in [7, 11) is 0. The maximum Gasteiger partial charge on any atom is 0.222 e. The molecular formula is C13H13FN2O. The van der Waals surface area contributed by atoms with E-state index in [1.807, 2.05) is 6.07 Å². The third kappa shape index (κ3) is 2.79. The van der Waals surface area contributed by atoms with Crippen LogP contribution < -0.4 is 10.5 Å². The topological polar surface area (TPSA) is 48.1 Å². The molecule has 4 heteroatoms. The van der Waals surface area contributed by atoms with Crippen molar-refractivity contribution in [2.45, 2.75) is 6.42 Å². The third-order valence-corrected chi connectivity index (χ3v) is 2.31. The van der Waals surface area contributed by atoms with E-state index in [1.165, 1.54) is 6.07 Å². The zero-order chi connectivity index (χ0) is 12.1. The van der Waals surface area contributed by atoms with Gasteiger partial charge in [0.2, 0.25) is 5.88 Å². The van der Waals surface area contributed by atoms with Gasteiger partial charge in [-0.1, -0.05) is 18.2 Å². The molecule has 2 rings (SSSR count). The minimum atomic E-state index is -0.406. The van der Waals surface area contributed by atoms with Crippen molar-refractivity contribution in [3.63, 3.8) is 0 Å². The van der Waals surface area contributed by atoms with Gasteiger partial charge < -0.3 is 10.5 Å². The molecule has 1 aromatic heterocycles. The van der Waals surface area contributed by atoms with Crippen LogP contribution in [-0.2, 0) is 6.42 Å². The van der Waals surface area contributed by atoms with Crippen molar-refractivity contribution in [3.05, 3.63) is 54.0 Å². The summed E-state index contributed by atoms with van der Waals surface area (Å²) < 4.78 is 18.9. The zero-order valence-corrected chi connectivity index (χ0v) is 9.27. The molecule has 0 bridgehead atoms. The second kappa shape index (κ2) is 5.41. The number of nitrogens with zero attached hydrogens (tertiary/aromatic N) is 1. The SMILES string of the molecule is NCCc1cccnc1Oc1ccccc1F. The van der Waals surface area contributed by atoms with Gasteiger partial charge >= 0.3 is 0 Å². The van der Waals surface area contributed by atoms with Crippen LogP contribution in [0.25, 0.3) is 0 Å². The van der Waals surface area contributed by atoms with E-state index in [-0.39, 0.29) is 5.75 Å². The molecule has 0 fully saturated rings. The van der Waals surface area contributed by atoms with E-state index in [4.69, 9.17) is 10.5 Å². The Hall–Kier alpha value is -1.94. The number of aromatic nitrogens is 1. The van der Waals surface area contributed by atoms with Crippen molar-refractivity contribution in [3.8, 4) is 11.6 Å². The summed E-state index contributed by atoms with van der Waals surface area (Å²) >= 11 is 0. The van der Waals surface area contributed by atoms with Crippen LogP contribution in [-0.4, -0.2) is 11.5 Å². The first kappa shape index (κ1) is 11.5. The molecule has 88 valence electrons. The van der Waals surface area contributed by atoms with Crippen molar-refractivity contribution in [1.29, 1.82) is 0 Å². The van der Waals surface area contributed by atoms with E-state index < -0.39 is 5.82 Å². The molecule has 2 N–H and O–H groups in total. The largest absolute Gasteiger partial charge is 0.436 e. The highest BCUT2D eigenvalue weighted by Gasteiger charge is 2.08. The average molecular weight is 232 g/mol. The van der Waals surface area contributed by atoms with Crippen molar-refractivity contribution in [2.24, 2.45) is 5.73 Å². The molecular weight excluding hydrogens is 219 g/mol. The predicted octanol–water partition coefficient (Wildman–Crippen LogP) is 2.51. The van der Waals surface area contributed by atoms with Crippen molar-refractivity contribution >= 4 is 0 Å². The first-order chi connectivity index (χ1) is 8.31. The Balaban J connectivity index is 2.27. The Bertz CT molecular complexity index is 502. The van der Waals surface area contributed by atoms with Crippen LogP contribution in [0.5, 0.6) is 11.6 Å². The highest BCUT2D eigenvalue weighted by molar-refractivity contribution is 5.33. The summed E-state index contributed by atoms with van der Waals surface area (Å²) in [5, 5.41) is 0. The summed E-state index contributed by atoms with van der Waals surface area (Å²) in [4.78, 5) is 4.09. The van der Waals surface area contributed by atoms with E-state index in [9.17, 15) is 4.39 Å². The minimum absolute atomic E-state index is 0.171. The summed E-state index contributed by atoms with van der Waals surface area (Å²) in [6.45, 7) is 0.499. The molecule has 17 heavy (non-hydrogen) atoms. The summed E-state index contributed by atoms with van der Waals surface area (Å²) in [6.07, 6.45) is 2.26. The number of hydrogen-bond acceptors (Lipinski definition) is 3. The Morgan fingerprint density at radius 1 is 1.18 bits per heavy atom. The van der Waals surface area contributed by atoms with Gasteiger partial charge in [-0.05, 0) is 31.2 Å². The summed E-state index contributed by atoms with van der Waals surface area (Å²) in [5.74, 6) is 0.171. The molecule has 0 amide bonds. The molecule has 2 aromatic rings. The van der Waals surface area contributed by atoms with Gasteiger partial charge in [0, 0.05) is 11.8 Å². The molecule has 0 unspecified atom stereocenters. The molecule has 0 aliphatic heterocycles. The number of ether oxygens (including phenoxy) is 1.